The zero-order chi connectivity index (χ0) is 36.2. The third kappa shape index (κ3) is 4.82. The van der Waals surface area contributed by atoms with Gasteiger partial charge in [0.05, 0.1) is 11.3 Å². The molecule has 0 N–H and O–H groups in total. The summed E-state index contributed by atoms with van der Waals surface area (Å²) in [7, 11) is 2.05. The molecule has 0 amide bonds. The van der Waals surface area contributed by atoms with E-state index in [-0.39, 0.29) is 26.5 Å². The van der Waals surface area contributed by atoms with Crippen molar-refractivity contribution in [2.75, 3.05) is 11.9 Å². The van der Waals surface area contributed by atoms with Crippen LogP contribution in [0.1, 0.15) is 60.0 Å². The van der Waals surface area contributed by atoms with Crippen LogP contribution >= 0.6 is 0 Å². The quantitative estimate of drug-likeness (QED) is 0.165. The average Bonchev–Trinajstić information content (AvgIpc) is 3.90. The summed E-state index contributed by atoms with van der Waals surface area (Å²) in [6.07, 6.45) is 6.08. The molecule has 1 aliphatic heterocycles. The SMILES string of the molecule is Cc1nc2cc(C3(c4[c-]c5c(cc4)c4ccccc4n5-c4cc(C(C)(C)C)ccn4)c4ccccc4-c4ccccc43)[c-]c(N3C=CN(C)[CH-]3)n2c1C.[Pt]. The smallest absolute Gasteiger partial charge is 0.135 e. The summed E-state index contributed by atoms with van der Waals surface area (Å²) in [6.45, 7) is 13.1. The van der Waals surface area contributed by atoms with Crippen molar-refractivity contribution >= 4 is 33.3 Å². The molecule has 6 nitrogen and oxygen atoms in total. The maximum atomic E-state index is 5.14. The summed E-state index contributed by atoms with van der Waals surface area (Å²) in [5.74, 6) is 1.80. The number of para-hydroxylation sites is 1. The molecular formula is C47H39N6Pt-3. The summed E-state index contributed by atoms with van der Waals surface area (Å²) in [4.78, 5) is 14.3. The molecular weight excluding hydrogens is 844 g/mol. The molecule has 0 saturated heterocycles. The van der Waals surface area contributed by atoms with Gasteiger partial charge in [-0.3, -0.25) is 4.98 Å². The molecule has 54 heavy (non-hydrogen) atoms. The second-order valence-electron chi connectivity index (χ2n) is 15.4. The van der Waals surface area contributed by atoms with Crippen LogP contribution in [0.25, 0.3) is 44.4 Å². The fourth-order valence-corrected chi connectivity index (χ4v) is 8.62. The van der Waals surface area contributed by atoms with Crippen LogP contribution in [0.4, 0.5) is 5.82 Å². The minimum Gasteiger partial charge on any atom is -0.510 e. The first-order valence-corrected chi connectivity index (χ1v) is 18.2. The Morgan fingerprint density at radius 3 is 2.15 bits per heavy atom. The minimum atomic E-state index is -0.747. The van der Waals surface area contributed by atoms with Gasteiger partial charge in [0.2, 0.25) is 0 Å². The van der Waals surface area contributed by atoms with E-state index in [1.807, 2.05) is 13.2 Å². The van der Waals surface area contributed by atoms with Gasteiger partial charge in [0.1, 0.15) is 5.82 Å². The topological polar surface area (TPSA) is 41.6 Å². The second-order valence-corrected chi connectivity index (χ2v) is 15.4. The first kappa shape index (κ1) is 34.3. The van der Waals surface area contributed by atoms with Gasteiger partial charge in [-0.25, -0.2) is 11.1 Å². The molecule has 0 saturated carbocycles. The summed E-state index contributed by atoms with van der Waals surface area (Å²) < 4.78 is 4.52. The number of hydrogen-bond acceptors (Lipinski definition) is 4. The van der Waals surface area contributed by atoms with Crippen molar-refractivity contribution < 1.29 is 21.1 Å². The van der Waals surface area contributed by atoms with Gasteiger partial charge in [-0.2, -0.15) is 36.5 Å². The number of fused-ring (bicyclic) bond motifs is 7. The van der Waals surface area contributed by atoms with E-state index in [2.05, 4.69) is 188 Å². The minimum absolute atomic E-state index is 0. The van der Waals surface area contributed by atoms with Crippen molar-refractivity contribution in [2.24, 2.45) is 0 Å². The molecule has 1 aliphatic carbocycles. The normalized spacial score (nSPS) is 14.6. The zero-order valence-electron chi connectivity index (χ0n) is 31.1. The third-order valence-electron chi connectivity index (χ3n) is 11.3. The van der Waals surface area contributed by atoms with Gasteiger partial charge in [0.25, 0.3) is 0 Å². The molecule has 8 aromatic rings. The molecule has 0 spiro atoms. The van der Waals surface area contributed by atoms with Crippen molar-refractivity contribution in [2.45, 2.75) is 45.4 Å². The van der Waals surface area contributed by atoms with Crippen molar-refractivity contribution in [1.29, 1.82) is 0 Å². The monoisotopic (exact) mass is 882 g/mol. The number of anilines is 1. The standard InChI is InChI=1S/C47H39N6.Pt/c1-30-31(2)52-44(49-30)27-34(28-45(52)51-24-23-50(6)29-51)47(39-16-10-7-13-35(39)36-14-8-11-17-40(36)47)33-19-20-38-37-15-9-12-18-41(37)53(42(38)25-33)43-26-32(21-22-48-43)46(3,4)5;/h7-24,26-27,29H,1-6H3;/q-3;. The van der Waals surface area contributed by atoms with Crippen LogP contribution in [0.2, 0.25) is 0 Å². The molecule has 10 rings (SSSR count). The number of benzene rings is 4. The fourth-order valence-electron chi connectivity index (χ4n) is 8.62. The Labute approximate surface area is 330 Å². The van der Waals surface area contributed by atoms with E-state index in [0.29, 0.717) is 0 Å². The van der Waals surface area contributed by atoms with E-state index >= 15 is 0 Å². The molecule has 0 radical (unpaired) electrons. The van der Waals surface area contributed by atoms with Gasteiger partial charge >= 0.3 is 0 Å². The molecule has 2 aliphatic rings. The Morgan fingerprint density at radius 1 is 0.741 bits per heavy atom. The number of nitrogens with zero attached hydrogens (tertiary/aromatic N) is 6. The molecule has 4 aromatic carbocycles. The van der Waals surface area contributed by atoms with Crippen LogP contribution in [0.15, 0.2) is 122 Å². The van der Waals surface area contributed by atoms with E-state index in [4.69, 9.17) is 9.97 Å². The Kier molecular flexibility index (Phi) is 7.81. The van der Waals surface area contributed by atoms with Crippen molar-refractivity contribution in [1.82, 2.24) is 23.8 Å². The van der Waals surface area contributed by atoms with Crippen LogP contribution < -0.4 is 4.90 Å². The summed E-state index contributed by atoms with van der Waals surface area (Å²) >= 11 is 0. The molecule has 4 aromatic heterocycles. The second kappa shape index (κ2) is 12.3. The summed E-state index contributed by atoms with van der Waals surface area (Å²) in [5, 5.41) is 2.31. The van der Waals surface area contributed by atoms with Gasteiger partial charge in [-0.05, 0) is 95.9 Å². The summed E-state index contributed by atoms with van der Waals surface area (Å²) in [6, 6.07) is 45.6. The molecule has 7 heteroatoms. The first-order chi connectivity index (χ1) is 25.6. The maximum absolute atomic E-state index is 5.14. The largest absolute Gasteiger partial charge is 0.510 e. The third-order valence-corrected chi connectivity index (χ3v) is 11.3. The maximum Gasteiger partial charge on any atom is 0.135 e. The van der Waals surface area contributed by atoms with Gasteiger partial charge in [0.15, 0.2) is 0 Å². The number of rotatable bonds is 4. The van der Waals surface area contributed by atoms with Crippen molar-refractivity contribution in [3.05, 3.63) is 180 Å². The van der Waals surface area contributed by atoms with Crippen LogP contribution in [0.3, 0.4) is 0 Å². The van der Waals surface area contributed by atoms with Crippen LogP contribution in [0, 0.1) is 32.6 Å². The first-order valence-electron chi connectivity index (χ1n) is 18.2. The van der Waals surface area contributed by atoms with Gasteiger partial charge < -0.3 is 18.8 Å². The van der Waals surface area contributed by atoms with E-state index in [1.54, 1.807) is 0 Å². The average molecular weight is 883 g/mol. The predicted molar refractivity (Wildman–Crippen MR) is 214 cm³/mol. The Bertz CT molecular complexity index is 2770. The number of imidazole rings is 1. The Balaban J connectivity index is 0.00000384. The summed E-state index contributed by atoms with van der Waals surface area (Å²) in [5.41, 5.74) is 12.5. The van der Waals surface area contributed by atoms with Gasteiger partial charge in [0, 0.05) is 43.9 Å². The molecule has 0 fully saturated rings. The van der Waals surface area contributed by atoms with Gasteiger partial charge in [-0.1, -0.05) is 93.0 Å². The number of aryl methyl sites for hydroxylation is 2. The van der Waals surface area contributed by atoms with Crippen molar-refractivity contribution in [3.8, 4) is 16.9 Å². The predicted octanol–water partition coefficient (Wildman–Crippen LogP) is 10.0. The molecule has 5 heterocycles. The van der Waals surface area contributed by atoms with Crippen molar-refractivity contribution in [3.63, 3.8) is 0 Å². The van der Waals surface area contributed by atoms with E-state index in [1.165, 1.54) is 33.2 Å². The van der Waals surface area contributed by atoms with Gasteiger partial charge in [-0.15, -0.1) is 10.9 Å². The van der Waals surface area contributed by atoms with Crippen LogP contribution in [-0.4, -0.2) is 30.9 Å². The van der Waals surface area contributed by atoms with E-state index < -0.39 is 5.41 Å². The Hall–Kier alpha value is -5.45. The van der Waals surface area contributed by atoms with E-state index in [9.17, 15) is 0 Å². The number of pyridine rings is 2. The molecule has 0 unspecified atom stereocenters. The van der Waals surface area contributed by atoms with Crippen LogP contribution in [0.5, 0.6) is 0 Å². The zero-order valence-corrected chi connectivity index (χ0v) is 33.4. The number of aromatic nitrogens is 4. The molecule has 270 valence electrons. The molecule has 0 bridgehead atoms. The molecule has 0 atom stereocenters. The fraction of sp³-hybridized carbons (Fsp3) is 0.170. The number of hydrogen-bond donors (Lipinski definition) is 0. The van der Waals surface area contributed by atoms with Crippen LogP contribution in [-0.2, 0) is 31.9 Å². The van der Waals surface area contributed by atoms with E-state index in [0.717, 1.165) is 56.2 Å². The Morgan fingerprint density at radius 2 is 1.44 bits per heavy atom.